The maximum atomic E-state index is 11.2. The third kappa shape index (κ3) is 7.64. The minimum atomic E-state index is 0. The fraction of sp³-hybridized carbons (Fsp3) is 0.0714. The van der Waals surface area contributed by atoms with E-state index in [0.29, 0.717) is 33.9 Å². The van der Waals surface area contributed by atoms with Crippen LogP contribution in [0.1, 0.15) is 32.1 Å². The van der Waals surface area contributed by atoms with Gasteiger partial charge in [0.25, 0.3) is 0 Å². The van der Waals surface area contributed by atoms with Gasteiger partial charge >= 0.3 is 0 Å². The Morgan fingerprint density at radius 2 is 1.38 bits per heavy atom. The minimum absolute atomic E-state index is 0. The van der Waals surface area contributed by atoms with Crippen molar-refractivity contribution >= 4 is 81.6 Å². The van der Waals surface area contributed by atoms with E-state index < -0.39 is 0 Å². The summed E-state index contributed by atoms with van der Waals surface area (Å²) in [5.41, 5.74) is 4.69. The molecule has 6 aromatic rings. The third-order valence-corrected chi connectivity index (χ3v) is 6.43. The quantitative estimate of drug-likeness (QED) is 0.162. The molecule has 4 aromatic heterocycles. The van der Waals surface area contributed by atoms with Gasteiger partial charge in [-0.2, -0.15) is 0 Å². The molecule has 0 aliphatic rings. The van der Waals surface area contributed by atoms with E-state index in [0.717, 1.165) is 45.5 Å². The van der Waals surface area contributed by atoms with Gasteiger partial charge in [0, 0.05) is 46.7 Å². The molecule has 0 spiro atoms. The summed E-state index contributed by atoms with van der Waals surface area (Å²) in [5.74, 6) is 0.487. The summed E-state index contributed by atoms with van der Waals surface area (Å²) in [7, 11) is 0. The van der Waals surface area contributed by atoms with E-state index in [2.05, 4.69) is 24.9 Å². The van der Waals surface area contributed by atoms with E-state index in [-0.39, 0.29) is 12.4 Å². The van der Waals surface area contributed by atoms with Crippen LogP contribution in [0.25, 0.3) is 21.8 Å². The molecule has 0 aliphatic heterocycles. The lowest BCUT2D eigenvalue weighted by atomic mass is 10.2. The molecule has 0 aliphatic carbocycles. The van der Waals surface area contributed by atoms with Crippen molar-refractivity contribution in [3.63, 3.8) is 0 Å². The Morgan fingerprint density at radius 1 is 0.775 bits per heavy atom. The number of alkyl halides is 1. The fourth-order valence-electron chi connectivity index (χ4n) is 3.77. The Labute approximate surface area is 250 Å². The number of fused-ring (bicyclic) bond motifs is 2. The summed E-state index contributed by atoms with van der Waals surface area (Å²) in [6.07, 6.45) is 11.4. The van der Waals surface area contributed by atoms with E-state index >= 15 is 0 Å². The first-order valence-electron chi connectivity index (χ1n) is 11.5. The number of hydrogen-bond donors (Lipinski definition) is 1. The van der Waals surface area contributed by atoms with Crippen LogP contribution in [0.5, 0.6) is 0 Å². The van der Waals surface area contributed by atoms with Crippen LogP contribution in [-0.4, -0.2) is 42.1 Å². The van der Waals surface area contributed by atoms with Crippen LogP contribution in [0.2, 0.25) is 10.0 Å². The van der Waals surface area contributed by atoms with E-state index in [1.807, 2.05) is 41.0 Å². The van der Waals surface area contributed by atoms with Crippen LogP contribution in [0.15, 0.2) is 86.0 Å². The van der Waals surface area contributed by atoms with Gasteiger partial charge in [-0.15, -0.1) is 24.0 Å². The number of aromatic amines is 1. The average molecular weight is 616 g/mol. The number of H-pyrrole nitrogens is 1. The molecule has 0 fully saturated rings. The number of carbonyl (C=O) groups is 2. The Kier molecular flexibility index (Phi) is 11.6. The maximum Gasteiger partial charge on any atom is 0.166 e. The van der Waals surface area contributed by atoms with E-state index in [1.54, 1.807) is 36.9 Å². The number of benzene rings is 2. The topological polar surface area (TPSA) is 106 Å². The van der Waals surface area contributed by atoms with Crippen molar-refractivity contribution in [1.29, 1.82) is 0 Å². The second-order valence-corrected chi connectivity index (χ2v) is 9.21. The lowest BCUT2D eigenvalue weighted by Gasteiger charge is -2.08. The van der Waals surface area contributed by atoms with Crippen LogP contribution in [-0.2, 0) is 12.4 Å². The third-order valence-electron chi connectivity index (χ3n) is 5.50. The van der Waals surface area contributed by atoms with Crippen molar-refractivity contribution in [3.8, 4) is 0 Å². The molecule has 0 saturated heterocycles. The van der Waals surface area contributed by atoms with Crippen LogP contribution in [0, 0.1) is 0 Å². The number of para-hydroxylation sites is 2. The van der Waals surface area contributed by atoms with E-state index in [9.17, 15) is 9.59 Å². The highest BCUT2D eigenvalue weighted by atomic mass is 35.5. The standard InChI is InChI=1S/C14H10ClN3O.C9H6ClNO.C5H5ClN2.ClH/c15-13-3-1-2-11-4-12(8-19)18(14(11)13)7-10-5-16-9-17-6-10;10-8-3-1-2-6-4-7(5-12)11-9(6)8;6-1-5-2-7-4-8-3-5;/h1-6,8-9H,7H2;1-5,11H;2-4H,1H2;1H. The zero-order valence-corrected chi connectivity index (χ0v) is 23.8. The van der Waals surface area contributed by atoms with Gasteiger partial charge in [0.1, 0.15) is 12.7 Å². The molecule has 40 heavy (non-hydrogen) atoms. The summed E-state index contributed by atoms with van der Waals surface area (Å²) >= 11 is 17.6. The molecule has 0 unspecified atom stereocenters. The summed E-state index contributed by atoms with van der Waals surface area (Å²) in [4.78, 5) is 40.0. The molecule has 2 aromatic carbocycles. The number of halogens is 4. The van der Waals surface area contributed by atoms with Crippen molar-refractivity contribution in [2.75, 3.05) is 0 Å². The van der Waals surface area contributed by atoms with Crippen molar-refractivity contribution in [1.82, 2.24) is 29.5 Å². The van der Waals surface area contributed by atoms with Gasteiger partial charge in [0.2, 0.25) is 0 Å². The molecule has 0 bridgehead atoms. The van der Waals surface area contributed by atoms with Crippen molar-refractivity contribution in [3.05, 3.63) is 119 Å². The lowest BCUT2D eigenvalue weighted by molar-refractivity contribution is 0.111. The van der Waals surface area contributed by atoms with Crippen LogP contribution in [0.3, 0.4) is 0 Å². The van der Waals surface area contributed by atoms with Gasteiger partial charge in [-0.1, -0.05) is 47.5 Å². The second-order valence-electron chi connectivity index (χ2n) is 8.12. The molecule has 12 heteroatoms. The molecule has 204 valence electrons. The maximum absolute atomic E-state index is 11.2. The zero-order valence-electron chi connectivity index (χ0n) is 20.7. The Hall–Kier alpha value is -3.82. The fourth-order valence-corrected chi connectivity index (χ4v) is 4.42. The largest absolute Gasteiger partial charge is 0.351 e. The Balaban J connectivity index is 0.000000180. The van der Waals surface area contributed by atoms with Gasteiger partial charge < -0.3 is 9.55 Å². The van der Waals surface area contributed by atoms with Crippen molar-refractivity contribution in [2.45, 2.75) is 12.4 Å². The van der Waals surface area contributed by atoms with E-state index in [1.165, 1.54) is 12.7 Å². The van der Waals surface area contributed by atoms with Crippen LogP contribution in [0.4, 0.5) is 0 Å². The number of hydrogen-bond acceptors (Lipinski definition) is 6. The minimum Gasteiger partial charge on any atom is -0.351 e. The van der Waals surface area contributed by atoms with Gasteiger partial charge in [0.15, 0.2) is 12.6 Å². The molecule has 0 amide bonds. The monoisotopic (exact) mass is 614 g/mol. The smallest absolute Gasteiger partial charge is 0.166 e. The molecule has 8 nitrogen and oxygen atoms in total. The predicted molar refractivity (Wildman–Crippen MR) is 161 cm³/mol. The number of rotatable bonds is 5. The van der Waals surface area contributed by atoms with Crippen LogP contribution >= 0.6 is 47.2 Å². The molecular formula is C28H22Cl4N6O2. The second kappa shape index (κ2) is 15.1. The van der Waals surface area contributed by atoms with E-state index in [4.69, 9.17) is 34.8 Å². The lowest BCUT2D eigenvalue weighted by Crippen LogP contribution is -2.04. The summed E-state index contributed by atoms with van der Waals surface area (Å²) < 4.78 is 1.88. The van der Waals surface area contributed by atoms with Gasteiger partial charge in [0.05, 0.1) is 44.9 Å². The molecule has 6 rings (SSSR count). The number of aromatic nitrogens is 6. The summed E-state index contributed by atoms with van der Waals surface area (Å²) in [6, 6.07) is 14.8. The molecule has 0 atom stereocenters. The van der Waals surface area contributed by atoms with Crippen molar-refractivity contribution < 1.29 is 9.59 Å². The number of aldehydes is 2. The Morgan fingerprint density at radius 3 is 1.93 bits per heavy atom. The number of carbonyl (C=O) groups excluding carboxylic acids is 2. The molecule has 0 radical (unpaired) electrons. The normalized spacial score (nSPS) is 10.1. The highest BCUT2D eigenvalue weighted by molar-refractivity contribution is 6.35. The van der Waals surface area contributed by atoms with Crippen LogP contribution < -0.4 is 0 Å². The summed E-state index contributed by atoms with van der Waals surface area (Å²) in [5, 5.41) is 3.18. The summed E-state index contributed by atoms with van der Waals surface area (Å²) in [6.45, 7) is 0.516. The first kappa shape index (κ1) is 30.7. The number of nitrogens with one attached hydrogen (secondary N) is 1. The highest BCUT2D eigenvalue weighted by Gasteiger charge is 2.11. The van der Waals surface area contributed by atoms with Gasteiger partial charge in [-0.25, -0.2) is 19.9 Å². The van der Waals surface area contributed by atoms with Crippen molar-refractivity contribution in [2.24, 2.45) is 0 Å². The predicted octanol–water partition coefficient (Wildman–Crippen LogP) is 7.22. The Bertz CT molecular complexity index is 1690. The average Bonchev–Trinajstić information content (AvgIpc) is 3.57. The zero-order chi connectivity index (χ0) is 27.6. The number of nitrogens with zero attached hydrogens (tertiary/aromatic N) is 5. The van der Waals surface area contributed by atoms with Gasteiger partial charge in [-0.3, -0.25) is 9.59 Å². The first-order valence-corrected chi connectivity index (χ1v) is 12.8. The molecule has 4 heterocycles. The highest BCUT2D eigenvalue weighted by Crippen LogP contribution is 2.27. The molecular weight excluding hydrogens is 594 g/mol. The first-order chi connectivity index (χ1) is 19.0. The molecule has 1 N–H and O–H groups in total. The van der Waals surface area contributed by atoms with Gasteiger partial charge in [-0.05, 0) is 24.3 Å². The molecule has 0 saturated carbocycles. The SMILES string of the molecule is Cl.ClCc1cncnc1.O=Cc1cc2cccc(Cl)c2[nH]1.O=Cc1cc2cccc(Cl)c2n1Cc1cncnc1.